The van der Waals surface area contributed by atoms with Gasteiger partial charge in [0.05, 0.1) is 0 Å². The lowest BCUT2D eigenvalue weighted by atomic mass is 9.91. The second kappa shape index (κ2) is 4.27. The molecule has 0 bridgehead atoms. The summed E-state index contributed by atoms with van der Waals surface area (Å²) in [6.45, 7) is 1.87. The summed E-state index contributed by atoms with van der Waals surface area (Å²) < 4.78 is 0. The van der Waals surface area contributed by atoms with E-state index in [9.17, 15) is 9.59 Å². The quantitative estimate of drug-likeness (QED) is 0.706. The van der Waals surface area contributed by atoms with Crippen molar-refractivity contribution in [2.24, 2.45) is 0 Å². The van der Waals surface area contributed by atoms with Crippen LogP contribution in [0, 0.1) is 0 Å². The second-order valence-electron chi connectivity index (χ2n) is 3.68. The highest BCUT2D eigenvalue weighted by Crippen LogP contribution is 2.22. The standard InChI is InChI=1S/C14H12O2/c1-2-10-8-14(16)12(9-13(10)15)11-6-4-3-5-7-11/h3-9H,2H2,1H3. The molecule has 0 fully saturated rings. The Hall–Kier alpha value is -1.96. The molecule has 0 N–H and O–H groups in total. The van der Waals surface area contributed by atoms with Gasteiger partial charge in [-0.25, -0.2) is 0 Å². The average molecular weight is 212 g/mol. The zero-order valence-corrected chi connectivity index (χ0v) is 9.07. The minimum Gasteiger partial charge on any atom is -0.290 e. The Morgan fingerprint density at radius 3 is 2.25 bits per heavy atom. The molecule has 1 aliphatic carbocycles. The van der Waals surface area contributed by atoms with Crippen LogP contribution in [0.15, 0.2) is 48.1 Å². The highest BCUT2D eigenvalue weighted by Gasteiger charge is 2.19. The van der Waals surface area contributed by atoms with Crippen LogP contribution in [0.5, 0.6) is 0 Å². The van der Waals surface area contributed by atoms with Gasteiger partial charge in [-0.05, 0) is 24.1 Å². The Morgan fingerprint density at radius 2 is 1.62 bits per heavy atom. The summed E-state index contributed by atoms with van der Waals surface area (Å²) in [6.07, 6.45) is 3.49. The van der Waals surface area contributed by atoms with E-state index in [1.807, 2.05) is 37.3 Å². The highest BCUT2D eigenvalue weighted by molar-refractivity contribution is 6.35. The molecule has 1 aromatic carbocycles. The van der Waals surface area contributed by atoms with E-state index in [-0.39, 0.29) is 11.6 Å². The fourth-order valence-electron chi connectivity index (χ4n) is 1.72. The van der Waals surface area contributed by atoms with E-state index in [1.54, 1.807) is 0 Å². The van der Waals surface area contributed by atoms with Crippen LogP contribution in [0.3, 0.4) is 0 Å². The van der Waals surface area contributed by atoms with Crippen LogP contribution in [0.1, 0.15) is 18.9 Å². The molecule has 1 aliphatic rings. The van der Waals surface area contributed by atoms with E-state index < -0.39 is 0 Å². The van der Waals surface area contributed by atoms with Crippen LogP contribution in [-0.4, -0.2) is 11.6 Å². The van der Waals surface area contributed by atoms with Crippen LogP contribution in [0.2, 0.25) is 0 Å². The lowest BCUT2D eigenvalue weighted by molar-refractivity contribution is -0.114. The molecule has 0 aliphatic heterocycles. The van der Waals surface area contributed by atoms with Crippen LogP contribution < -0.4 is 0 Å². The number of carbonyl (C=O) groups is 2. The van der Waals surface area contributed by atoms with Crippen molar-refractivity contribution in [3.63, 3.8) is 0 Å². The predicted octanol–water partition coefficient (Wildman–Crippen LogP) is 2.56. The monoisotopic (exact) mass is 212 g/mol. The van der Waals surface area contributed by atoms with Gasteiger partial charge in [-0.15, -0.1) is 0 Å². The van der Waals surface area contributed by atoms with Gasteiger partial charge in [-0.1, -0.05) is 37.3 Å². The van der Waals surface area contributed by atoms with Gasteiger partial charge >= 0.3 is 0 Å². The summed E-state index contributed by atoms with van der Waals surface area (Å²) in [7, 11) is 0. The lowest BCUT2D eigenvalue weighted by Crippen LogP contribution is -2.11. The molecule has 2 nitrogen and oxygen atoms in total. The Morgan fingerprint density at radius 1 is 0.938 bits per heavy atom. The third kappa shape index (κ3) is 1.87. The summed E-state index contributed by atoms with van der Waals surface area (Å²) in [6, 6.07) is 9.26. The number of rotatable bonds is 2. The molecular weight excluding hydrogens is 200 g/mol. The van der Waals surface area contributed by atoms with Crippen LogP contribution >= 0.6 is 0 Å². The molecular formula is C14H12O2. The van der Waals surface area contributed by atoms with E-state index in [1.165, 1.54) is 12.2 Å². The smallest absolute Gasteiger partial charge is 0.186 e. The molecule has 0 spiro atoms. The summed E-state index contributed by atoms with van der Waals surface area (Å²) in [5, 5.41) is 0. The Bertz CT molecular complexity index is 493. The third-order valence-corrected chi connectivity index (χ3v) is 2.63. The molecule has 0 saturated carbocycles. The number of allylic oxidation sites excluding steroid dienone is 4. The van der Waals surface area contributed by atoms with Gasteiger partial charge in [0.25, 0.3) is 0 Å². The molecule has 0 radical (unpaired) electrons. The summed E-state index contributed by atoms with van der Waals surface area (Å²) >= 11 is 0. The maximum atomic E-state index is 11.8. The molecule has 80 valence electrons. The Labute approximate surface area is 94.3 Å². The second-order valence-corrected chi connectivity index (χ2v) is 3.68. The zero-order chi connectivity index (χ0) is 11.5. The molecule has 0 unspecified atom stereocenters. The van der Waals surface area contributed by atoms with Gasteiger partial charge < -0.3 is 0 Å². The van der Waals surface area contributed by atoms with Crippen LogP contribution in [0.25, 0.3) is 5.57 Å². The maximum absolute atomic E-state index is 11.8. The number of ketones is 2. The molecule has 0 heterocycles. The number of carbonyl (C=O) groups excluding carboxylic acids is 2. The van der Waals surface area contributed by atoms with E-state index in [0.29, 0.717) is 17.6 Å². The first-order valence-electron chi connectivity index (χ1n) is 5.28. The fourth-order valence-corrected chi connectivity index (χ4v) is 1.72. The van der Waals surface area contributed by atoms with Crippen molar-refractivity contribution in [3.8, 4) is 0 Å². The first-order chi connectivity index (χ1) is 7.72. The normalized spacial score (nSPS) is 15.8. The van der Waals surface area contributed by atoms with Crippen LogP contribution in [-0.2, 0) is 9.59 Å². The van der Waals surface area contributed by atoms with Crippen molar-refractivity contribution < 1.29 is 9.59 Å². The van der Waals surface area contributed by atoms with E-state index in [2.05, 4.69) is 0 Å². The molecule has 0 atom stereocenters. The van der Waals surface area contributed by atoms with Crippen molar-refractivity contribution >= 4 is 17.1 Å². The number of benzene rings is 1. The largest absolute Gasteiger partial charge is 0.290 e. The summed E-state index contributed by atoms with van der Waals surface area (Å²) in [5.41, 5.74) is 1.87. The molecule has 16 heavy (non-hydrogen) atoms. The topological polar surface area (TPSA) is 34.1 Å². The average Bonchev–Trinajstić information content (AvgIpc) is 2.32. The first-order valence-corrected chi connectivity index (χ1v) is 5.28. The Balaban J connectivity index is 2.40. The molecule has 0 aromatic heterocycles. The SMILES string of the molecule is CCC1=CC(=O)C(c2ccccc2)=CC1=O. The van der Waals surface area contributed by atoms with Gasteiger partial charge in [-0.2, -0.15) is 0 Å². The highest BCUT2D eigenvalue weighted by atomic mass is 16.1. The predicted molar refractivity (Wildman–Crippen MR) is 62.8 cm³/mol. The van der Waals surface area contributed by atoms with Crippen LogP contribution in [0.4, 0.5) is 0 Å². The van der Waals surface area contributed by atoms with Crippen molar-refractivity contribution in [1.29, 1.82) is 0 Å². The van der Waals surface area contributed by atoms with Crippen molar-refractivity contribution in [3.05, 3.63) is 53.6 Å². The van der Waals surface area contributed by atoms with E-state index in [0.717, 1.165) is 5.56 Å². The van der Waals surface area contributed by atoms with Crippen molar-refractivity contribution in [2.45, 2.75) is 13.3 Å². The zero-order valence-electron chi connectivity index (χ0n) is 9.07. The number of hydrogen-bond donors (Lipinski definition) is 0. The molecule has 2 rings (SSSR count). The van der Waals surface area contributed by atoms with Crippen molar-refractivity contribution in [2.75, 3.05) is 0 Å². The Kier molecular flexibility index (Phi) is 2.82. The van der Waals surface area contributed by atoms with Crippen molar-refractivity contribution in [1.82, 2.24) is 0 Å². The van der Waals surface area contributed by atoms with E-state index >= 15 is 0 Å². The summed E-state index contributed by atoms with van der Waals surface area (Å²) in [5.74, 6) is -0.136. The van der Waals surface area contributed by atoms with Gasteiger partial charge in [0.1, 0.15) is 0 Å². The lowest BCUT2D eigenvalue weighted by Gasteiger charge is -2.10. The minimum atomic E-state index is -0.0809. The van der Waals surface area contributed by atoms with Gasteiger partial charge in [0, 0.05) is 11.1 Å². The van der Waals surface area contributed by atoms with Gasteiger partial charge in [-0.3, -0.25) is 9.59 Å². The summed E-state index contributed by atoms with van der Waals surface area (Å²) in [4.78, 5) is 23.5. The van der Waals surface area contributed by atoms with E-state index in [4.69, 9.17) is 0 Å². The third-order valence-electron chi connectivity index (χ3n) is 2.63. The molecule has 1 aromatic rings. The van der Waals surface area contributed by atoms with Gasteiger partial charge in [0.2, 0.25) is 0 Å². The number of hydrogen-bond acceptors (Lipinski definition) is 2. The molecule has 0 amide bonds. The molecule has 2 heteroatoms. The maximum Gasteiger partial charge on any atom is 0.186 e. The minimum absolute atomic E-state index is 0.0547. The van der Waals surface area contributed by atoms with Gasteiger partial charge in [0.15, 0.2) is 11.6 Å². The first kappa shape index (κ1) is 10.6. The fraction of sp³-hybridized carbons (Fsp3) is 0.143. The molecule has 0 saturated heterocycles.